The first-order chi connectivity index (χ1) is 32.3. The fraction of sp³-hybridized carbons (Fsp3) is 0.0889. The minimum Gasteiger partial charge on any atom is -0.505 e. The molecule has 68 heavy (non-hydrogen) atoms. The Hall–Kier alpha value is -8.47. The van der Waals surface area contributed by atoms with Gasteiger partial charge >= 0.3 is 27.3 Å². The number of azo groups is 4. The second kappa shape index (κ2) is 23.1. The van der Waals surface area contributed by atoms with Crippen LogP contribution in [0, 0.1) is 27.7 Å². The number of aromatic hydroxyl groups is 1. The van der Waals surface area contributed by atoms with Crippen LogP contribution in [0.15, 0.2) is 179 Å². The third kappa shape index (κ3) is 14.0. The highest BCUT2D eigenvalue weighted by Crippen LogP contribution is 2.39. The Morgan fingerprint density at radius 2 is 0.912 bits per heavy atom. The molecule has 0 amide bonds. The van der Waals surface area contributed by atoms with Crippen molar-refractivity contribution in [1.29, 1.82) is 0 Å². The molecule has 7 aromatic rings. The average molecular weight is 975 g/mol. The standard InChI is InChI=1S/C45H35N9O5S.2O3S/c1-28-22-34(15-20-38(28)48-46-33-16-21-39(29(2)23-33)49-50-40-12-8-9-13-44(40)60(57,58)59)47-52-42-24-31(4)43(25-30(42)3)53-51-41-19-14-32-26-36(17-18-37(32)45(41)56)54(27-55)35-10-6-5-7-11-35;2*1-4(2)3/h5-26H,1-4H3,(H-,46,47,50,53,56,57,58,59);;/p+1. The predicted octanol–water partition coefficient (Wildman–Crippen LogP) is 11.8. The topological polar surface area (TPSA) is 296 Å². The minimum atomic E-state index is -4.45. The van der Waals surface area contributed by atoms with E-state index in [2.05, 4.69) is 40.9 Å². The number of phenols is 1. The summed E-state index contributed by atoms with van der Waals surface area (Å²) >= 11 is 0. The van der Waals surface area contributed by atoms with Crippen LogP contribution in [0.1, 0.15) is 22.3 Å². The van der Waals surface area contributed by atoms with Crippen molar-refractivity contribution in [2.24, 2.45) is 40.9 Å². The van der Waals surface area contributed by atoms with Crippen molar-refractivity contribution in [2.45, 2.75) is 32.6 Å². The van der Waals surface area contributed by atoms with Gasteiger partial charge in [-0.2, -0.15) is 43.9 Å². The van der Waals surface area contributed by atoms with Gasteiger partial charge in [-0.1, -0.05) is 41.0 Å². The molecule has 0 bridgehead atoms. The van der Waals surface area contributed by atoms with E-state index < -0.39 is 31.3 Å². The second-order valence-corrected chi connectivity index (χ2v) is 16.3. The van der Waals surface area contributed by atoms with Crippen molar-refractivity contribution in [3.8, 4) is 5.75 Å². The minimum absolute atomic E-state index is 0.0221. The van der Waals surface area contributed by atoms with E-state index in [1.165, 1.54) is 22.8 Å². The van der Waals surface area contributed by atoms with Gasteiger partial charge in [-0.05, 0) is 128 Å². The Kier molecular flexibility index (Phi) is 17.2. The number of hydrogen-bond donors (Lipinski definition) is 2. The first-order valence-electron chi connectivity index (χ1n) is 19.4. The van der Waals surface area contributed by atoms with E-state index in [1.807, 2.05) is 88.4 Å². The number of benzene rings is 7. The Labute approximate surface area is 391 Å². The van der Waals surface area contributed by atoms with Crippen LogP contribution in [0.2, 0.25) is 0 Å². The van der Waals surface area contributed by atoms with Crippen molar-refractivity contribution < 1.29 is 48.1 Å². The van der Waals surface area contributed by atoms with Gasteiger partial charge in [0.2, 0.25) is 11.4 Å². The monoisotopic (exact) mass is 974 g/mol. The maximum Gasteiger partial charge on any atom is 0.437 e. The normalized spacial score (nSPS) is 11.3. The highest BCUT2D eigenvalue weighted by atomic mass is 32.2. The lowest BCUT2D eigenvalue weighted by molar-refractivity contribution is 0.482. The number of isocyanates is 1. The zero-order chi connectivity index (χ0) is 49.5. The Morgan fingerprint density at radius 3 is 1.44 bits per heavy atom. The predicted molar refractivity (Wildman–Crippen MR) is 250 cm³/mol. The highest BCUT2D eigenvalue weighted by Gasteiger charge is 2.17. The molecule has 0 aliphatic rings. The molecule has 0 fully saturated rings. The molecule has 0 heterocycles. The van der Waals surface area contributed by atoms with Crippen LogP contribution in [0.25, 0.3) is 10.8 Å². The third-order valence-electron chi connectivity index (χ3n) is 9.41. The Balaban J connectivity index is 0.00000100. The van der Waals surface area contributed by atoms with Crippen molar-refractivity contribution in [3.05, 3.63) is 156 Å². The molecule has 0 atom stereocenters. The largest absolute Gasteiger partial charge is 0.505 e. The van der Waals surface area contributed by atoms with E-state index in [0.29, 0.717) is 56.6 Å². The van der Waals surface area contributed by atoms with Crippen molar-refractivity contribution >= 4 is 105 Å². The fourth-order valence-corrected chi connectivity index (χ4v) is 6.79. The first-order valence-corrected chi connectivity index (χ1v) is 22.9. The smallest absolute Gasteiger partial charge is 0.437 e. The second-order valence-electron chi connectivity index (χ2n) is 14.1. The van der Waals surface area contributed by atoms with E-state index in [0.717, 1.165) is 27.6 Å². The molecule has 20 nitrogen and oxygen atoms in total. The molecule has 0 unspecified atom stereocenters. The zero-order valence-electron chi connectivity index (χ0n) is 36.0. The van der Waals surface area contributed by atoms with E-state index in [1.54, 1.807) is 60.7 Å². The number of phenolic OH excluding ortho intramolecular Hbond substituents is 1. The molecule has 344 valence electrons. The number of fused-ring (bicyclic) bond motifs is 1. The van der Waals surface area contributed by atoms with E-state index in [4.69, 9.17) is 25.3 Å². The van der Waals surface area contributed by atoms with Crippen LogP contribution in [-0.2, 0) is 36.1 Å². The summed E-state index contributed by atoms with van der Waals surface area (Å²) in [4.78, 5) is 11.5. The van der Waals surface area contributed by atoms with Gasteiger partial charge in [-0.15, -0.1) is 35.5 Å². The van der Waals surface area contributed by atoms with Crippen LogP contribution in [-0.4, -0.2) is 49.4 Å². The van der Waals surface area contributed by atoms with E-state index in [9.17, 15) is 22.9 Å². The molecule has 0 radical (unpaired) electrons. The third-order valence-corrected chi connectivity index (χ3v) is 10.3. The number of hydrogen-bond acceptors (Lipinski definition) is 18. The summed E-state index contributed by atoms with van der Waals surface area (Å²) < 4.78 is 84.9. The van der Waals surface area contributed by atoms with E-state index >= 15 is 0 Å². The van der Waals surface area contributed by atoms with Gasteiger partial charge in [0.05, 0.1) is 34.1 Å². The lowest BCUT2D eigenvalue weighted by atomic mass is 10.1. The SMILES string of the molecule is Cc1cc(N=Nc2cc(C)c(N=Nc3ccc4cc([N+](=C=O)c5ccccc5)ccc4c3O)cc2C)ccc1N=Nc1ccc(N=Nc2ccccc2S(=O)(=O)O)c(C)c1.O=S(=O)=O.O=S(=O)=O. The molecule has 0 spiro atoms. The van der Waals surface area contributed by atoms with Gasteiger partial charge in [0.1, 0.15) is 16.3 Å². The number of rotatable bonds is 11. The van der Waals surface area contributed by atoms with Crippen molar-refractivity contribution in [1.82, 2.24) is 4.58 Å². The molecule has 23 heteroatoms. The van der Waals surface area contributed by atoms with Gasteiger partial charge in [0.15, 0.2) is 5.75 Å². The maximum absolute atomic E-state index is 11.8. The summed E-state index contributed by atoms with van der Waals surface area (Å²) in [5.41, 5.74) is 8.46. The molecule has 7 rings (SSSR count). The van der Waals surface area contributed by atoms with Crippen LogP contribution >= 0.6 is 0 Å². The molecule has 2 N–H and O–H groups in total. The summed E-state index contributed by atoms with van der Waals surface area (Å²) in [6, 6.07) is 38.2. The molecule has 0 saturated heterocycles. The highest BCUT2D eigenvalue weighted by molar-refractivity contribution is 7.86. The number of carbonyl (C=O) groups excluding carboxylic acids is 1. The maximum atomic E-state index is 11.8. The lowest BCUT2D eigenvalue weighted by Gasteiger charge is -2.06. The Bertz CT molecular complexity index is 3540. The van der Waals surface area contributed by atoms with Gasteiger partial charge in [0.25, 0.3) is 10.1 Å². The number of nitrogens with zero attached hydrogens (tertiary/aromatic N) is 9. The summed E-state index contributed by atoms with van der Waals surface area (Å²) in [5, 5.41) is 47.1. The van der Waals surface area contributed by atoms with Gasteiger partial charge in [0, 0.05) is 29.7 Å². The van der Waals surface area contributed by atoms with Crippen LogP contribution in [0.5, 0.6) is 5.75 Å². The quantitative estimate of drug-likeness (QED) is 0.0404. The van der Waals surface area contributed by atoms with Gasteiger partial charge < -0.3 is 5.11 Å². The molecule has 0 aliphatic heterocycles. The van der Waals surface area contributed by atoms with Crippen molar-refractivity contribution in [2.75, 3.05) is 0 Å². The number of para-hydroxylation sites is 1. The first kappa shape index (κ1) is 50.5. The summed E-state index contributed by atoms with van der Waals surface area (Å²) in [6.45, 7) is 7.52. The summed E-state index contributed by atoms with van der Waals surface area (Å²) in [5.74, 6) is -0.0263. The van der Waals surface area contributed by atoms with Crippen LogP contribution in [0.3, 0.4) is 0 Å². The molecular weight excluding hydrogens is 939 g/mol. The molecule has 0 aromatic heterocycles. The van der Waals surface area contributed by atoms with Gasteiger partial charge in [-0.3, -0.25) is 4.55 Å². The average Bonchev–Trinajstić information content (AvgIpc) is 3.28. The summed E-state index contributed by atoms with van der Waals surface area (Å²) in [6.07, 6.45) is 1.97. The molecule has 0 aliphatic carbocycles. The molecule has 0 saturated carbocycles. The van der Waals surface area contributed by atoms with E-state index in [-0.39, 0.29) is 16.3 Å². The fourth-order valence-electron chi connectivity index (χ4n) is 6.17. The summed E-state index contributed by atoms with van der Waals surface area (Å²) in [7, 11) is -10.7. The van der Waals surface area contributed by atoms with Crippen LogP contribution < -0.4 is 4.58 Å². The van der Waals surface area contributed by atoms with Crippen molar-refractivity contribution in [3.63, 3.8) is 0 Å². The molecular formula is C45H36N9O11S3+. The van der Waals surface area contributed by atoms with Gasteiger partial charge in [-0.25, -0.2) is 0 Å². The molecule has 7 aromatic carbocycles. The zero-order valence-corrected chi connectivity index (χ0v) is 38.5. The van der Waals surface area contributed by atoms with Crippen LogP contribution in [0.4, 0.5) is 56.9 Å². The number of aryl methyl sites for hydroxylation is 4. The lowest BCUT2D eigenvalue weighted by Crippen LogP contribution is -2.01. The Morgan fingerprint density at radius 1 is 0.471 bits per heavy atom.